The molecule has 0 bridgehead atoms. The van der Waals surface area contributed by atoms with Crippen LogP contribution in [0.25, 0.3) is 0 Å². The maximum Gasteiger partial charge on any atom is 0.222 e. The molecular formula is C20H27N5O. The lowest BCUT2D eigenvalue weighted by Crippen LogP contribution is -2.54. The van der Waals surface area contributed by atoms with E-state index in [2.05, 4.69) is 30.8 Å². The predicted molar refractivity (Wildman–Crippen MR) is 99.3 cm³/mol. The Morgan fingerprint density at radius 3 is 2.96 bits per heavy atom. The number of piperidine rings is 2. The minimum Gasteiger partial charge on any atom is -0.348 e. The van der Waals surface area contributed by atoms with Crippen molar-refractivity contribution >= 4 is 5.91 Å². The fourth-order valence-electron chi connectivity index (χ4n) is 4.51. The number of rotatable bonds is 5. The largest absolute Gasteiger partial charge is 0.348 e. The summed E-state index contributed by atoms with van der Waals surface area (Å²) in [4.78, 5) is 28.5. The lowest BCUT2D eigenvalue weighted by atomic mass is 9.73. The molecule has 4 heterocycles. The first-order chi connectivity index (χ1) is 12.7. The molecule has 6 heteroatoms. The van der Waals surface area contributed by atoms with Gasteiger partial charge in [0.2, 0.25) is 5.91 Å². The van der Waals surface area contributed by atoms with Crippen LogP contribution >= 0.6 is 0 Å². The van der Waals surface area contributed by atoms with Crippen molar-refractivity contribution in [2.24, 2.45) is 5.41 Å². The number of hydrogen-bond donors (Lipinski definition) is 1. The highest BCUT2D eigenvalue weighted by Crippen LogP contribution is 2.39. The zero-order chi connectivity index (χ0) is 17.8. The number of hydrogen-bond acceptors (Lipinski definition) is 4. The highest BCUT2D eigenvalue weighted by Gasteiger charge is 2.41. The van der Waals surface area contributed by atoms with Crippen molar-refractivity contribution < 1.29 is 4.79 Å². The summed E-state index contributed by atoms with van der Waals surface area (Å²) in [5.41, 5.74) is 2.62. The summed E-state index contributed by atoms with van der Waals surface area (Å²) in [6.45, 7) is 4.85. The first-order valence-corrected chi connectivity index (χ1v) is 9.59. The van der Waals surface area contributed by atoms with Crippen LogP contribution in [0.4, 0.5) is 0 Å². The molecule has 2 aromatic rings. The van der Waals surface area contributed by atoms with Crippen LogP contribution in [0.15, 0.2) is 37.1 Å². The molecule has 2 saturated heterocycles. The van der Waals surface area contributed by atoms with Gasteiger partial charge in [-0.25, -0.2) is 4.98 Å². The second-order valence-corrected chi connectivity index (χ2v) is 7.82. The van der Waals surface area contributed by atoms with Crippen LogP contribution in [0.3, 0.4) is 0 Å². The zero-order valence-electron chi connectivity index (χ0n) is 15.2. The van der Waals surface area contributed by atoms with Crippen LogP contribution in [0.5, 0.6) is 0 Å². The smallest absolute Gasteiger partial charge is 0.222 e. The van der Waals surface area contributed by atoms with Gasteiger partial charge in [0, 0.05) is 68.7 Å². The van der Waals surface area contributed by atoms with E-state index in [-0.39, 0.29) is 5.41 Å². The van der Waals surface area contributed by atoms with Gasteiger partial charge in [-0.15, -0.1) is 0 Å². The highest BCUT2D eigenvalue weighted by molar-refractivity contribution is 5.77. The Balaban J connectivity index is 1.39. The molecule has 2 aromatic heterocycles. The molecule has 1 amide bonds. The van der Waals surface area contributed by atoms with E-state index in [0.29, 0.717) is 12.3 Å². The summed E-state index contributed by atoms with van der Waals surface area (Å²) in [5.74, 6) is 0.305. The van der Waals surface area contributed by atoms with E-state index in [1.54, 1.807) is 6.33 Å². The molecule has 4 rings (SSSR count). The molecular weight excluding hydrogens is 326 g/mol. The Labute approximate surface area is 154 Å². The fourth-order valence-corrected chi connectivity index (χ4v) is 4.51. The molecule has 2 fully saturated rings. The summed E-state index contributed by atoms with van der Waals surface area (Å²) in [6, 6.07) is 4.15. The first-order valence-electron chi connectivity index (χ1n) is 9.59. The third kappa shape index (κ3) is 3.96. The average molecular weight is 353 g/mol. The van der Waals surface area contributed by atoms with Crippen LogP contribution in [0.1, 0.15) is 36.9 Å². The molecule has 26 heavy (non-hydrogen) atoms. The minimum atomic E-state index is 0.252. The van der Waals surface area contributed by atoms with Gasteiger partial charge in [-0.1, -0.05) is 6.07 Å². The van der Waals surface area contributed by atoms with E-state index >= 15 is 0 Å². The lowest BCUT2D eigenvalue weighted by Gasteiger charge is -2.48. The number of nitrogens with one attached hydrogen (secondary N) is 1. The normalized spacial score (nSPS) is 24.3. The number of nitrogens with zero attached hydrogens (tertiary/aromatic N) is 4. The topological polar surface area (TPSA) is 65.1 Å². The minimum absolute atomic E-state index is 0.252. The van der Waals surface area contributed by atoms with Gasteiger partial charge in [-0.3, -0.25) is 14.7 Å². The number of carbonyl (C=O) groups excluding carboxylic acids is 1. The van der Waals surface area contributed by atoms with Crippen LogP contribution in [0, 0.1) is 5.41 Å². The highest BCUT2D eigenvalue weighted by atomic mass is 16.2. The Kier molecular flexibility index (Phi) is 5.02. The standard InChI is InChI=1S/C20H27N5O/c26-19-4-7-20(15-25(19)10-5-18-12-22-16-23-18)6-2-9-24(14-20)13-17-3-1-8-21-11-17/h1,3,8,11-12,16H,2,4-7,9-10,13-15H2,(H,22,23)/t20-/m0/s1. The van der Waals surface area contributed by atoms with E-state index < -0.39 is 0 Å². The summed E-state index contributed by atoms with van der Waals surface area (Å²) in [5, 5.41) is 0. The number of H-pyrrole nitrogens is 1. The number of carbonyl (C=O) groups is 1. The Morgan fingerprint density at radius 2 is 2.15 bits per heavy atom. The third-order valence-electron chi connectivity index (χ3n) is 5.82. The number of aromatic amines is 1. The number of pyridine rings is 1. The molecule has 0 saturated carbocycles. The zero-order valence-corrected chi connectivity index (χ0v) is 15.2. The summed E-state index contributed by atoms with van der Waals surface area (Å²) >= 11 is 0. The first kappa shape index (κ1) is 17.2. The number of likely N-dealkylation sites (tertiary alicyclic amines) is 2. The molecule has 0 radical (unpaired) electrons. The maximum atomic E-state index is 12.4. The molecule has 1 atom stereocenters. The molecule has 138 valence electrons. The molecule has 0 unspecified atom stereocenters. The maximum absolute atomic E-state index is 12.4. The van der Waals surface area contributed by atoms with E-state index in [0.717, 1.165) is 51.3 Å². The van der Waals surface area contributed by atoms with Crippen LogP contribution in [-0.2, 0) is 17.8 Å². The average Bonchev–Trinajstić information content (AvgIpc) is 3.17. The number of amides is 1. The van der Waals surface area contributed by atoms with Crippen LogP contribution in [-0.4, -0.2) is 56.8 Å². The van der Waals surface area contributed by atoms with E-state index in [4.69, 9.17) is 0 Å². The van der Waals surface area contributed by atoms with Gasteiger partial charge < -0.3 is 9.88 Å². The van der Waals surface area contributed by atoms with Gasteiger partial charge in [-0.2, -0.15) is 0 Å². The van der Waals surface area contributed by atoms with Crippen molar-refractivity contribution in [1.29, 1.82) is 0 Å². The van der Waals surface area contributed by atoms with E-state index in [1.807, 2.05) is 24.7 Å². The molecule has 0 aromatic carbocycles. The van der Waals surface area contributed by atoms with Crippen molar-refractivity contribution in [3.05, 3.63) is 48.3 Å². The van der Waals surface area contributed by atoms with Gasteiger partial charge >= 0.3 is 0 Å². The Morgan fingerprint density at radius 1 is 1.19 bits per heavy atom. The lowest BCUT2D eigenvalue weighted by molar-refractivity contribution is -0.139. The second-order valence-electron chi connectivity index (χ2n) is 7.82. The van der Waals surface area contributed by atoms with Crippen LogP contribution in [0.2, 0.25) is 0 Å². The number of aromatic nitrogens is 3. The van der Waals surface area contributed by atoms with Crippen molar-refractivity contribution in [3.8, 4) is 0 Å². The Bertz CT molecular complexity index is 717. The molecule has 2 aliphatic heterocycles. The van der Waals surface area contributed by atoms with E-state index in [1.165, 1.54) is 18.4 Å². The van der Waals surface area contributed by atoms with Crippen molar-refractivity contribution in [2.75, 3.05) is 26.2 Å². The van der Waals surface area contributed by atoms with Gasteiger partial charge in [0.15, 0.2) is 0 Å². The predicted octanol–water partition coefficient (Wildman–Crippen LogP) is 2.25. The number of imidazole rings is 1. The molecule has 1 N–H and O–H groups in total. The third-order valence-corrected chi connectivity index (χ3v) is 5.82. The van der Waals surface area contributed by atoms with Crippen molar-refractivity contribution in [1.82, 2.24) is 24.8 Å². The monoisotopic (exact) mass is 353 g/mol. The quantitative estimate of drug-likeness (QED) is 0.895. The van der Waals surface area contributed by atoms with Gasteiger partial charge in [0.1, 0.15) is 0 Å². The molecule has 1 spiro atoms. The summed E-state index contributed by atoms with van der Waals surface area (Å²) < 4.78 is 0. The summed E-state index contributed by atoms with van der Waals surface area (Å²) in [7, 11) is 0. The van der Waals surface area contributed by atoms with Gasteiger partial charge in [0.25, 0.3) is 0 Å². The van der Waals surface area contributed by atoms with Crippen molar-refractivity contribution in [3.63, 3.8) is 0 Å². The van der Waals surface area contributed by atoms with Crippen molar-refractivity contribution in [2.45, 2.75) is 38.6 Å². The molecule has 2 aliphatic rings. The fraction of sp³-hybridized carbons (Fsp3) is 0.550. The second kappa shape index (κ2) is 7.58. The van der Waals surface area contributed by atoms with Gasteiger partial charge in [0.05, 0.1) is 6.33 Å². The van der Waals surface area contributed by atoms with Gasteiger partial charge in [-0.05, 0) is 37.4 Å². The van der Waals surface area contributed by atoms with E-state index in [9.17, 15) is 4.79 Å². The summed E-state index contributed by atoms with van der Waals surface area (Å²) in [6.07, 6.45) is 12.3. The Hall–Kier alpha value is -2.21. The molecule has 0 aliphatic carbocycles. The molecule has 6 nitrogen and oxygen atoms in total. The SMILES string of the molecule is O=C1CC[C@]2(CCCN(Cc3cccnc3)C2)CN1CCc1cnc[nH]1. The van der Waals surface area contributed by atoms with Crippen LogP contribution < -0.4 is 0 Å².